The van der Waals surface area contributed by atoms with Crippen LogP contribution in [0.25, 0.3) is 33.2 Å². The third-order valence-corrected chi connectivity index (χ3v) is 6.72. The van der Waals surface area contributed by atoms with E-state index in [1.807, 2.05) is 31.3 Å². The zero-order valence-corrected chi connectivity index (χ0v) is 19.4. The zero-order valence-electron chi connectivity index (χ0n) is 19.4. The summed E-state index contributed by atoms with van der Waals surface area (Å²) in [5, 5.41) is 14.2. The van der Waals surface area contributed by atoms with Gasteiger partial charge in [0.1, 0.15) is 11.4 Å². The van der Waals surface area contributed by atoms with Gasteiger partial charge in [-0.25, -0.2) is 9.78 Å². The number of anilines is 2. The molecule has 0 saturated heterocycles. The fourth-order valence-corrected chi connectivity index (χ4v) is 4.83. The van der Waals surface area contributed by atoms with Crippen molar-refractivity contribution in [1.29, 1.82) is 0 Å². The fourth-order valence-electron chi connectivity index (χ4n) is 4.83. The summed E-state index contributed by atoms with van der Waals surface area (Å²) >= 11 is 0. The van der Waals surface area contributed by atoms with Crippen molar-refractivity contribution < 1.29 is 9.90 Å². The first-order valence-electron chi connectivity index (χ1n) is 11.8. The van der Waals surface area contributed by atoms with Crippen molar-refractivity contribution in [2.45, 2.75) is 18.8 Å². The van der Waals surface area contributed by atoms with Crippen LogP contribution >= 0.6 is 0 Å². The van der Waals surface area contributed by atoms with Gasteiger partial charge in [0.25, 0.3) is 0 Å². The third-order valence-electron chi connectivity index (χ3n) is 6.72. The summed E-state index contributed by atoms with van der Waals surface area (Å²) in [6, 6.07) is 26.7. The second-order valence-electron chi connectivity index (χ2n) is 9.17. The van der Waals surface area contributed by atoms with E-state index in [2.05, 4.69) is 69.6 Å². The van der Waals surface area contributed by atoms with Gasteiger partial charge in [-0.2, -0.15) is 0 Å². The van der Waals surface area contributed by atoms with Gasteiger partial charge in [0.05, 0.1) is 5.52 Å². The minimum Gasteiger partial charge on any atom is -0.478 e. The first-order valence-corrected chi connectivity index (χ1v) is 11.8. The van der Waals surface area contributed by atoms with Crippen molar-refractivity contribution in [1.82, 2.24) is 9.55 Å². The molecule has 172 valence electrons. The number of hydrogen-bond donors (Lipinski definition) is 2. The molecule has 0 bridgehead atoms. The van der Waals surface area contributed by atoms with E-state index in [9.17, 15) is 9.90 Å². The lowest BCUT2D eigenvalue weighted by Crippen LogP contribution is -2.06. The molecule has 0 radical (unpaired) electrons. The van der Waals surface area contributed by atoms with Crippen LogP contribution in [-0.4, -0.2) is 20.6 Å². The monoisotopic (exact) mass is 459 g/mol. The van der Waals surface area contributed by atoms with Gasteiger partial charge in [0, 0.05) is 36.1 Å². The summed E-state index contributed by atoms with van der Waals surface area (Å²) in [7, 11) is 2.05. The number of aryl methyl sites for hydroxylation is 1. The Morgan fingerprint density at radius 3 is 2.43 bits per heavy atom. The van der Waals surface area contributed by atoms with Crippen molar-refractivity contribution >= 4 is 28.4 Å². The molecular weight excluding hydrogens is 434 g/mol. The highest BCUT2D eigenvalue weighted by Crippen LogP contribution is 2.41. The highest BCUT2D eigenvalue weighted by molar-refractivity contribution is 6.02. The molecule has 1 saturated carbocycles. The Hall–Kier alpha value is -4.38. The molecule has 1 fully saturated rings. The Balaban J connectivity index is 1.49. The topological polar surface area (TPSA) is 67.2 Å². The molecule has 6 rings (SSSR count). The molecule has 2 N–H and O–H groups in total. The van der Waals surface area contributed by atoms with Gasteiger partial charge in [0.2, 0.25) is 0 Å². The van der Waals surface area contributed by atoms with Crippen molar-refractivity contribution in [2.75, 3.05) is 5.32 Å². The number of carbonyl (C=O) groups is 1. The maximum atomic E-state index is 12.0. The predicted octanol–water partition coefficient (Wildman–Crippen LogP) is 7.23. The standard InChI is InChI=1S/C30H25N3O2/c1-33-14-13-21-15-23(32-29-27(30(34)35)16-22(18-31-29)19-11-12-19)17-26(28(21)33)25-10-6-5-9-24(25)20-7-3-2-4-8-20/h2-10,13-19H,11-12H2,1H3,(H,31,32)(H,34,35). The highest BCUT2D eigenvalue weighted by atomic mass is 16.4. The number of fused-ring (bicyclic) bond motifs is 1. The van der Waals surface area contributed by atoms with E-state index in [4.69, 9.17) is 0 Å². The largest absolute Gasteiger partial charge is 0.478 e. The number of aromatic nitrogens is 2. The van der Waals surface area contributed by atoms with Crippen LogP contribution in [0.5, 0.6) is 0 Å². The lowest BCUT2D eigenvalue weighted by molar-refractivity contribution is 0.0697. The molecule has 5 aromatic rings. The van der Waals surface area contributed by atoms with Crippen molar-refractivity contribution in [3.8, 4) is 22.3 Å². The van der Waals surface area contributed by atoms with E-state index in [1.54, 1.807) is 12.3 Å². The van der Waals surface area contributed by atoms with Crippen LogP contribution in [0.2, 0.25) is 0 Å². The minimum atomic E-state index is -0.974. The summed E-state index contributed by atoms with van der Waals surface area (Å²) in [5.41, 5.74) is 7.61. The maximum Gasteiger partial charge on any atom is 0.339 e. The van der Waals surface area contributed by atoms with Gasteiger partial charge in [-0.3, -0.25) is 0 Å². The normalized spacial score (nSPS) is 13.2. The summed E-state index contributed by atoms with van der Waals surface area (Å²) in [5.74, 6) is -0.172. The number of carboxylic acids is 1. The van der Waals surface area contributed by atoms with Gasteiger partial charge in [0.15, 0.2) is 0 Å². The summed E-state index contributed by atoms with van der Waals surface area (Å²) in [6.45, 7) is 0. The summed E-state index contributed by atoms with van der Waals surface area (Å²) < 4.78 is 2.13. The number of benzene rings is 3. The Morgan fingerprint density at radius 2 is 1.69 bits per heavy atom. The molecule has 2 aromatic heterocycles. The molecule has 5 heteroatoms. The van der Waals surface area contributed by atoms with E-state index < -0.39 is 5.97 Å². The lowest BCUT2D eigenvalue weighted by atomic mass is 9.93. The Morgan fingerprint density at radius 1 is 0.943 bits per heavy atom. The molecule has 0 spiro atoms. The smallest absolute Gasteiger partial charge is 0.339 e. The molecule has 0 unspecified atom stereocenters. The van der Waals surface area contributed by atoms with Gasteiger partial charge in [-0.1, -0.05) is 54.6 Å². The van der Waals surface area contributed by atoms with Crippen molar-refractivity contribution in [3.63, 3.8) is 0 Å². The lowest BCUT2D eigenvalue weighted by Gasteiger charge is -2.16. The number of hydrogen-bond acceptors (Lipinski definition) is 3. The molecule has 0 aliphatic heterocycles. The van der Waals surface area contributed by atoms with Crippen molar-refractivity contribution in [2.24, 2.45) is 7.05 Å². The van der Waals surface area contributed by atoms with Crippen LogP contribution in [0.4, 0.5) is 11.5 Å². The Kier molecular flexibility index (Phi) is 5.10. The van der Waals surface area contributed by atoms with Crippen LogP contribution in [0.3, 0.4) is 0 Å². The molecule has 35 heavy (non-hydrogen) atoms. The number of carboxylic acid groups (broad SMARTS) is 1. The van der Waals surface area contributed by atoms with Crippen LogP contribution in [0.15, 0.2) is 91.3 Å². The van der Waals surface area contributed by atoms with Crippen LogP contribution < -0.4 is 5.32 Å². The highest BCUT2D eigenvalue weighted by Gasteiger charge is 2.26. The average Bonchev–Trinajstić information content (AvgIpc) is 3.67. The van der Waals surface area contributed by atoms with Gasteiger partial charge >= 0.3 is 5.97 Å². The number of aromatic carboxylic acids is 1. The van der Waals surface area contributed by atoms with Crippen LogP contribution in [-0.2, 0) is 7.05 Å². The number of rotatable bonds is 6. The second kappa shape index (κ2) is 8.44. The van der Waals surface area contributed by atoms with E-state index >= 15 is 0 Å². The third kappa shape index (κ3) is 3.95. The number of pyridine rings is 1. The minimum absolute atomic E-state index is 0.203. The van der Waals surface area contributed by atoms with Crippen LogP contribution in [0.1, 0.15) is 34.7 Å². The van der Waals surface area contributed by atoms with Crippen molar-refractivity contribution in [3.05, 3.63) is 102 Å². The van der Waals surface area contributed by atoms with Gasteiger partial charge < -0.3 is 15.0 Å². The molecule has 1 aliphatic carbocycles. The number of nitrogens with zero attached hydrogens (tertiary/aromatic N) is 2. The quantitative estimate of drug-likeness (QED) is 0.281. The fraction of sp³-hybridized carbons (Fsp3) is 0.133. The predicted molar refractivity (Wildman–Crippen MR) is 140 cm³/mol. The van der Waals surface area contributed by atoms with Gasteiger partial charge in [-0.15, -0.1) is 0 Å². The molecule has 3 aromatic carbocycles. The molecule has 1 aliphatic rings. The summed E-state index contributed by atoms with van der Waals surface area (Å²) in [4.78, 5) is 16.5. The molecule has 2 heterocycles. The summed E-state index contributed by atoms with van der Waals surface area (Å²) in [6.07, 6.45) is 6.05. The first kappa shape index (κ1) is 21.2. The van der Waals surface area contributed by atoms with Crippen LogP contribution in [0, 0.1) is 0 Å². The average molecular weight is 460 g/mol. The van der Waals surface area contributed by atoms with E-state index in [0.29, 0.717) is 11.7 Å². The second-order valence-corrected chi connectivity index (χ2v) is 9.17. The maximum absolute atomic E-state index is 12.0. The molecule has 5 nitrogen and oxygen atoms in total. The Labute approximate surface area is 203 Å². The van der Waals surface area contributed by atoms with E-state index in [-0.39, 0.29) is 5.56 Å². The number of nitrogens with one attached hydrogen (secondary N) is 1. The van der Waals surface area contributed by atoms with Gasteiger partial charge in [-0.05, 0) is 65.3 Å². The molecule has 0 atom stereocenters. The molecular formula is C30H25N3O2. The first-order chi connectivity index (χ1) is 17.1. The van der Waals surface area contributed by atoms with E-state index in [0.717, 1.165) is 57.2 Å². The van der Waals surface area contributed by atoms with E-state index in [1.165, 1.54) is 0 Å². The molecule has 0 amide bonds. The Bertz CT molecular complexity index is 1570. The SMILES string of the molecule is Cn1ccc2cc(Nc3ncc(C4CC4)cc3C(=O)O)cc(-c3ccccc3-c3ccccc3)c21. The zero-order chi connectivity index (χ0) is 23.9.